The predicted octanol–water partition coefficient (Wildman–Crippen LogP) is 4.39. The lowest BCUT2D eigenvalue weighted by atomic mass is 10.1. The standard InChI is InChI=1S/C21H24O3/c1-23-20-13-8-17(9-14-20)5-3-4-6-19(22)12-7-18-10-15-21(24-2)16-11-18/h4,6,8-11,13-16H,3,5,7,12H2,1-2H3/b6-4+. The van der Waals surface area contributed by atoms with Crippen molar-refractivity contribution in [1.29, 1.82) is 0 Å². The molecule has 0 atom stereocenters. The van der Waals surface area contributed by atoms with Gasteiger partial charge in [0.1, 0.15) is 11.5 Å². The Kier molecular flexibility index (Phi) is 7.09. The summed E-state index contributed by atoms with van der Waals surface area (Å²) in [6.45, 7) is 0. The van der Waals surface area contributed by atoms with Crippen molar-refractivity contribution in [1.82, 2.24) is 0 Å². The summed E-state index contributed by atoms with van der Waals surface area (Å²) in [5, 5.41) is 0. The summed E-state index contributed by atoms with van der Waals surface area (Å²) in [5.41, 5.74) is 2.39. The fourth-order valence-electron chi connectivity index (χ4n) is 2.40. The maximum atomic E-state index is 11.9. The van der Waals surface area contributed by atoms with Gasteiger partial charge < -0.3 is 9.47 Å². The van der Waals surface area contributed by atoms with E-state index in [0.717, 1.165) is 36.3 Å². The van der Waals surface area contributed by atoms with E-state index in [1.165, 1.54) is 5.56 Å². The summed E-state index contributed by atoms with van der Waals surface area (Å²) >= 11 is 0. The van der Waals surface area contributed by atoms with Crippen LogP contribution in [0.2, 0.25) is 0 Å². The highest BCUT2D eigenvalue weighted by Crippen LogP contribution is 2.14. The van der Waals surface area contributed by atoms with E-state index in [9.17, 15) is 4.79 Å². The number of rotatable bonds is 9. The Morgan fingerprint density at radius 3 is 1.83 bits per heavy atom. The van der Waals surface area contributed by atoms with E-state index in [1.54, 1.807) is 20.3 Å². The first kappa shape index (κ1) is 17.8. The average Bonchev–Trinajstić information content (AvgIpc) is 2.64. The lowest BCUT2D eigenvalue weighted by Crippen LogP contribution is -1.96. The van der Waals surface area contributed by atoms with Crippen molar-refractivity contribution in [2.24, 2.45) is 0 Å². The first-order chi connectivity index (χ1) is 11.7. The van der Waals surface area contributed by atoms with Crippen LogP contribution in [-0.2, 0) is 17.6 Å². The molecule has 0 aliphatic carbocycles. The van der Waals surface area contributed by atoms with Gasteiger partial charge in [-0.05, 0) is 60.7 Å². The molecule has 0 saturated heterocycles. The Morgan fingerprint density at radius 1 is 0.833 bits per heavy atom. The van der Waals surface area contributed by atoms with Gasteiger partial charge in [-0.25, -0.2) is 0 Å². The van der Waals surface area contributed by atoms with E-state index in [1.807, 2.05) is 42.5 Å². The Hall–Kier alpha value is -2.55. The molecule has 0 unspecified atom stereocenters. The van der Waals surface area contributed by atoms with Crippen molar-refractivity contribution >= 4 is 5.78 Å². The second-order valence-corrected chi connectivity index (χ2v) is 5.60. The zero-order chi connectivity index (χ0) is 17.2. The van der Waals surface area contributed by atoms with Crippen LogP contribution in [0, 0.1) is 0 Å². The van der Waals surface area contributed by atoms with Gasteiger partial charge in [0, 0.05) is 6.42 Å². The molecule has 0 saturated carbocycles. The molecule has 0 fully saturated rings. The number of ketones is 1. The Labute approximate surface area is 143 Å². The lowest BCUT2D eigenvalue weighted by Gasteiger charge is -2.02. The number of aryl methyl sites for hydroxylation is 2. The molecular weight excluding hydrogens is 300 g/mol. The summed E-state index contributed by atoms with van der Waals surface area (Å²) in [6.07, 6.45) is 6.73. The molecule has 0 bridgehead atoms. The molecule has 2 aromatic carbocycles. The monoisotopic (exact) mass is 324 g/mol. The van der Waals surface area contributed by atoms with Gasteiger partial charge in [-0.15, -0.1) is 0 Å². The molecule has 3 nitrogen and oxygen atoms in total. The summed E-state index contributed by atoms with van der Waals surface area (Å²) in [4.78, 5) is 11.9. The zero-order valence-electron chi connectivity index (χ0n) is 14.3. The van der Waals surface area contributed by atoms with Crippen LogP contribution in [0.1, 0.15) is 24.0 Å². The molecule has 0 spiro atoms. The normalized spacial score (nSPS) is 10.8. The molecular formula is C21H24O3. The molecule has 24 heavy (non-hydrogen) atoms. The maximum absolute atomic E-state index is 11.9. The fraction of sp³-hybridized carbons (Fsp3) is 0.286. The van der Waals surface area contributed by atoms with Crippen LogP contribution in [-0.4, -0.2) is 20.0 Å². The maximum Gasteiger partial charge on any atom is 0.155 e. The van der Waals surface area contributed by atoms with Crippen molar-refractivity contribution < 1.29 is 14.3 Å². The minimum atomic E-state index is 0.167. The van der Waals surface area contributed by atoms with E-state index in [2.05, 4.69) is 12.1 Å². The van der Waals surface area contributed by atoms with Crippen LogP contribution in [0.25, 0.3) is 0 Å². The highest BCUT2D eigenvalue weighted by atomic mass is 16.5. The lowest BCUT2D eigenvalue weighted by molar-refractivity contribution is -0.114. The highest BCUT2D eigenvalue weighted by molar-refractivity contribution is 5.89. The first-order valence-corrected chi connectivity index (χ1v) is 8.16. The van der Waals surface area contributed by atoms with E-state index in [-0.39, 0.29) is 5.78 Å². The van der Waals surface area contributed by atoms with Crippen LogP contribution >= 0.6 is 0 Å². The van der Waals surface area contributed by atoms with Gasteiger partial charge in [0.15, 0.2) is 5.78 Å². The van der Waals surface area contributed by atoms with Gasteiger partial charge in [0.05, 0.1) is 14.2 Å². The molecule has 0 N–H and O–H groups in total. The van der Waals surface area contributed by atoms with Gasteiger partial charge in [0.25, 0.3) is 0 Å². The molecule has 0 aromatic heterocycles. The molecule has 0 aliphatic rings. The van der Waals surface area contributed by atoms with E-state index >= 15 is 0 Å². The van der Waals surface area contributed by atoms with Gasteiger partial charge in [-0.1, -0.05) is 30.3 Å². The second kappa shape index (κ2) is 9.56. The SMILES string of the molecule is COc1ccc(CC/C=C/C(=O)CCc2ccc(OC)cc2)cc1. The van der Waals surface area contributed by atoms with Crippen LogP contribution in [0.5, 0.6) is 11.5 Å². The van der Waals surface area contributed by atoms with Crippen LogP contribution in [0.15, 0.2) is 60.7 Å². The van der Waals surface area contributed by atoms with Crippen LogP contribution < -0.4 is 9.47 Å². The number of carbonyl (C=O) groups is 1. The molecule has 0 radical (unpaired) electrons. The fourth-order valence-corrected chi connectivity index (χ4v) is 2.40. The quantitative estimate of drug-likeness (QED) is 0.642. The van der Waals surface area contributed by atoms with Crippen molar-refractivity contribution in [2.45, 2.75) is 25.7 Å². The molecule has 2 rings (SSSR count). The summed E-state index contributed by atoms with van der Waals surface area (Å²) < 4.78 is 10.3. The van der Waals surface area contributed by atoms with E-state index < -0.39 is 0 Å². The third-order valence-electron chi connectivity index (χ3n) is 3.88. The number of allylic oxidation sites excluding steroid dienone is 2. The number of methoxy groups -OCH3 is 2. The minimum absolute atomic E-state index is 0.167. The van der Waals surface area contributed by atoms with Crippen molar-refractivity contribution in [3.05, 3.63) is 71.8 Å². The minimum Gasteiger partial charge on any atom is -0.497 e. The van der Waals surface area contributed by atoms with Crippen molar-refractivity contribution in [3.63, 3.8) is 0 Å². The van der Waals surface area contributed by atoms with E-state index in [4.69, 9.17) is 9.47 Å². The Morgan fingerprint density at radius 2 is 1.33 bits per heavy atom. The third kappa shape index (κ3) is 5.92. The summed E-state index contributed by atoms with van der Waals surface area (Å²) in [5.74, 6) is 1.87. The molecule has 2 aromatic rings. The predicted molar refractivity (Wildman–Crippen MR) is 96.8 cm³/mol. The smallest absolute Gasteiger partial charge is 0.155 e. The Bertz CT molecular complexity index is 654. The van der Waals surface area contributed by atoms with Crippen molar-refractivity contribution in [2.75, 3.05) is 14.2 Å². The molecule has 3 heteroatoms. The largest absolute Gasteiger partial charge is 0.497 e. The average molecular weight is 324 g/mol. The molecule has 0 amide bonds. The third-order valence-corrected chi connectivity index (χ3v) is 3.88. The number of benzene rings is 2. The van der Waals surface area contributed by atoms with Gasteiger partial charge in [0.2, 0.25) is 0 Å². The van der Waals surface area contributed by atoms with E-state index in [0.29, 0.717) is 6.42 Å². The molecule has 126 valence electrons. The number of ether oxygens (including phenoxy) is 2. The molecule has 0 heterocycles. The number of hydrogen-bond acceptors (Lipinski definition) is 3. The number of carbonyl (C=O) groups excluding carboxylic acids is 1. The topological polar surface area (TPSA) is 35.5 Å². The Balaban J connectivity index is 1.70. The summed E-state index contributed by atoms with van der Waals surface area (Å²) in [6, 6.07) is 15.9. The van der Waals surface area contributed by atoms with Gasteiger partial charge in [-0.2, -0.15) is 0 Å². The second-order valence-electron chi connectivity index (χ2n) is 5.60. The summed E-state index contributed by atoms with van der Waals surface area (Å²) in [7, 11) is 3.31. The number of hydrogen-bond donors (Lipinski definition) is 0. The first-order valence-electron chi connectivity index (χ1n) is 8.16. The molecule has 0 aliphatic heterocycles. The highest BCUT2D eigenvalue weighted by Gasteiger charge is 2.00. The van der Waals surface area contributed by atoms with Gasteiger partial charge >= 0.3 is 0 Å². The van der Waals surface area contributed by atoms with Crippen molar-refractivity contribution in [3.8, 4) is 11.5 Å². The zero-order valence-corrected chi connectivity index (χ0v) is 14.3. The van der Waals surface area contributed by atoms with Gasteiger partial charge in [-0.3, -0.25) is 4.79 Å². The van der Waals surface area contributed by atoms with Crippen LogP contribution in [0.4, 0.5) is 0 Å². The van der Waals surface area contributed by atoms with Crippen LogP contribution in [0.3, 0.4) is 0 Å².